The first kappa shape index (κ1) is 11.0. The molecule has 1 saturated heterocycles. The summed E-state index contributed by atoms with van der Waals surface area (Å²) in [7, 11) is 0. The van der Waals surface area contributed by atoms with E-state index in [1.165, 1.54) is 18.5 Å². The largest absolute Gasteiger partial charge is 0.372 e. The van der Waals surface area contributed by atoms with Gasteiger partial charge >= 0.3 is 0 Å². The molecule has 0 atom stereocenters. The Morgan fingerprint density at radius 2 is 1.88 bits per heavy atom. The monoisotopic (exact) mass is 218 g/mol. The summed E-state index contributed by atoms with van der Waals surface area (Å²) >= 11 is 0. The van der Waals surface area contributed by atoms with Crippen LogP contribution in [0.3, 0.4) is 0 Å². The Balaban J connectivity index is 2.01. The third kappa shape index (κ3) is 2.54. The van der Waals surface area contributed by atoms with E-state index in [1.807, 2.05) is 12.1 Å². The third-order valence-corrected chi connectivity index (χ3v) is 3.24. The van der Waals surface area contributed by atoms with Crippen molar-refractivity contribution in [2.45, 2.75) is 19.8 Å². The summed E-state index contributed by atoms with van der Waals surface area (Å²) in [6, 6.07) is 8.03. The van der Waals surface area contributed by atoms with Crippen LogP contribution in [-0.2, 0) is 4.79 Å². The lowest BCUT2D eigenvalue weighted by atomic mass is 9.99. The van der Waals surface area contributed by atoms with Crippen LogP contribution in [0.2, 0.25) is 0 Å². The molecule has 86 valence electrons. The second-order valence-corrected chi connectivity index (χ2v) is 4.48. The zero-order valence-electron chi connectivity index (χ0n) is 9.65. The topological polar surface area (TPSA) is 32.3 Å². The van der Waals surface area contributed by atoms with Crippen LogP contribution in [-0.4, -0.2) is 19.5 Å². The first-order valence-corrected chi connectivity index (χ1v) is 5.85. The molecular formula is C13H18N2O. The fourth-order valence-corrected chi connectivity index (χ4v) is 2.10. The molecule has 1 amide bonds. The average molecular weight is 218 g/mol. The van der Waals surface area contributed by atoms with E-state index in [-0.39, 0.29) is 0 Å². The van der Waals surface area contributed by atoms with Crippen molar-refractivity contribution in [1.29, 1.82) is 0 Å². The number of anilines is 2. The van der Waals surface area contributed by atoms with Crippen molar-refractivity contribution < 1.29 is 4.79 Å². The Morgan fingerprint density at radius 3 is 2.44 bits per heavy atom. The van der Waals surface area contributed by atoms with Gasteiger partial charge in [0.2, 0.25) is 6.41 Å². The number of rotatable bonds is 3. The highest BCUT2D eigenvalue weighted by atomic mass is 16.1. The minimum atomic E-state index is 0.706. The molecule has 1 heterocycles. The summed E-state index contributed by atoms with van der Waals surface area (Å²) in [5.74, 6) is 0.854. The van der Waals surface area contributed by atoms with Gasteiger partial charge in [-0.15, -0.1) is 0 Å². The minimum Gasteiger partial charge on any atom is -0.372 e. The van der Waals surface area contributed by atoms with Gasteiger partial charge in [0.1, 0.15) is 0 Å². The second kappa shape index (κ2) is 5.01. The van der Waals surface area contributed by atoms with Crippen molar-refractivity contribution in [2.24, 2.45) is 5.92 Å². The summed E-state index contributed by atoms with van der Waals surface area (Å²) < 4.78 is 0. The van der Waals surface area contributed by atoms with Gasteiger partial charge in [-0.2, -0.15) is 0 Å². The predicted molar refractivity (Wildman–Crippen MR) is 66.7 cm³/mol. The normalized spacial score (nSPS) is 17.2. The number of nitrogens with one attached hydrogen (secondary N) is 1. The lowest BCUT2D eigenvalue weighted by Crippen LogP contribution is -2.32. The Labute approximate surface area is 96.5 Å². The van der Waals surface area contributed by atoms with E-state index in [9.17, 15) is 4.79 Å². The smallest absolute Gasteiger partial charge is 0.211 e. The van der Waals surface area contributed by atoms with Crippen LogP contribution >= 0.6 is 0 Å². The zero-order valence-corrected chi connectivity index (χ0v) is 9.65. The molecule has 0 unspecified atom stereocenters. The van der Waals surface area contributed by atoms with Gasteiger partial charge in [0.05, 0.1) is 0 Å². The van der Waals surface area contributed by atoms with Crippen LogP contribution in [0.5, 0.6) is 0 Å². The summed E-state index contributed by atoms with van der Waals surface area (Å²) in [6.07, 6.45) is 3.25. The van der Waals surface area contributed by atoms with Crippen molar-refractivity contribution in [3.8, 4) is 0 Å². The van der Waals surface area contributed by atoms with E-state index in [1.54, 1.807) is 0 Å². The second-order valence-electron chi connectivity index (χ2n) is 4.48. The predicted octanol–water partition coefficient (Wildman–Crippen LogP) is 2.49. The molecule has 1 N–H and O–H groups in total. The van der Waals surface area contributed by atoms with Crippen molar-refractivity contribution >= 4 is 17.8 Å². The average Bonchev–Trinajstić information content (AvgIpc) is 2.32. The number of hydrogen-bond acceptors (Lipinski definition) is 2. The van der Waals surface area contributed by atoms with Gasteiger partial charge in [0.15, 0.2) is 0 Å². The SMILES string of the molecule is CC1CCN(c2ccc(NC=O)cc2)CC1. The molecule has 3 heteroatoms. The van der Waals surface area contributed by atoms with E-state index in [0.29, 0.717) is 6.41 Å². The van der Waals surface area contributed by atoms with Crippen molar-refractivity contribution in [3.05, 3.63) is 24.3 Å². The van der Waals surface area contributed by atoms with E-state index < -0.39 is 0 Å². The standard InChI is InChI=1S/C13H18N2O/c1-11-6-8-15(9-7-11)13-4-2-12(3-5-13)14-10-16/h2-5,10-11H,6-9H2,1H3,(H,14,16). The van der Waals surface area contributed by atoms with Gasteiger partial charge in [-0.1, -0.05) is 6.92 Å². The Morgan fingerprint density at radius 1 is 1.25 bits per heavy atom. The molecule has 3 nitrogen and oxygen atoms in total. The van der Waals surface area contributed by atoms with Gasteiger partial charge in [-0.05, 0) is 43.0 Å². The summed E-state index contributed by atoms with van der Waals surface area (Å²) in [5.41, 5.74) is 2.10. The molecule has 1 aromatic rings. The van der Waals surface area contributed by atoms with Crippen LogP contribution in [0, 0.1) is 5.92 Å². The fraction of sp³-hybridized carbons (Fsp3) is 0.462. The van der Waals surface area contributed by atoms with Crippen LogP contribution < -0.4 is 10.2 Å². The molecule has 1 fully saturated rings. The molecule has 2 rings (SSSR count). The Bertz CT molecular complexity index is 339. The van der Waals surface area contributed by atoms with Gasteiger partial charge in [-0.3, -0.25) is 4.79 Å². The lowest BCUT2D eigenvalue weighted by Gasteiger charge is -2.32. The maximum Gasteiger partial charge on any atom is 0.211 e. The maximum absolute atomic E-state index is 10.3. The number of carbonyl (C=O) groups is 1. The van der Waals surface area contributed by atoms with E-state index in [4.69, 9.17) is 0 Å². The molecular weight excluding hydrogens is 200 g/mol. The highest BCUT2D eigenvalue weighted by Crippen LogP contribution is 2.23. The molecule has 0 bridgehead atoms. The van der Waals surface area contributed by atoms with Gasteiger partial charge in [-0.25, -0.2) is 0 Å². The minimum absolute atomic E-state index is 0.706. The number of benzene rings is 1. The van der Waals surface area contributed by atoms with Gasteiger partial charge in [0, 0.05) is 24.5 Å². The maximum atomic E-state index is 10.3. The summed E-state index contributed by atoms with van der Waals surface area (Å²) in [6.45, 7) is 4.59. The quantitative estimate of drug-likeness (QED) is 0.790. The fourth-order valence-electron chi connectivity index (χ4n) is 2.10. The number of amides is 1. The summed E-state index contributed by atoms with van der Waals surface area (Å²) in [4.78, 5) is 12.7. The van der Waals surface area contributed by atoms with E-state index >= 15 is 0 Å². The van der Waals surface area contributed by atoms with Crippen molar-refractivity contribution in [2.75, 3.05) is 23.3 Å². The van der Waals surface area contributed by atoms with Crippen molar-refractivity contribution in [3.63, 3.8) is 0 Å². The Hall–Kier alpha value is -1.51. The van der Waals surface area contributed by atoms with E-state index in [2.05, 4.69) is 29.3 Å². The lowest BCUT2D eigenvalue weighted by molar-refractivity contribution is -0.105. The molecule has 1 aromatic carbocycles. The molecule has 0 spiro atoms. The molecule has 1 aliphatic heterocycles. The first-order valence-electron chi connectivity index (χ1n) is 5.85. The molecule has 0 aromatic heterocycles. The van der Waals surface area contributed by atoms with E-state index in [0.717, 1.165) is 24.7 Å². The molecule has 0 saturated carbocycles. The van der Waals surface area contributed by atoms with Gasteiger partial charge in [0.25, 0.3) is 0 Å². The van der Waals surface area contributed by atoms with Gasteiger partial charge < -0.3 is 10.2 Å². The number of piperidine rings is 1. The van der Waals surface area contributed by atoms with Crippen molar-refractivity contribution in [1.82, 2.24) is 0 Å². The molecule has 16 heavy (non-hydrogen) atoms. The first-order chi connectivity index (χ1) is 7.79. The van der Waals surface area contributed by atoms with Crippen LogP contribution in [0.15, 0.2) is 24.3 Å². The number of nitrogens with zero attached hydrogens (tertiary/aromatic N) is 1. The molecule has 0 aliphatic carbocycles. The number of hydrogen-bond donors (Lipinski definition) is 1. The summed E-state index contributed by atoms with van der Waals surface area (Å²) in [5, 5.41) is 2.65. The molecule has 1 aliphatic rings. The molecule has 0 radical (unpaired) electrons. The number of carbonyl (C=O) groups excluding carboxylic acids is 1. The zero-order chi connectivity index (χ0) is 11.4. The van der Waals surface area contributed by atoms with Crippen LogP contribution in [0.1, 0.15) is 19.8 Å². The highest BCUT2D eigenvalue weighted by molar-refractivity contribution is 5.72. The van der Waals surface area contributed by atoms with Crippen LogP contribution in [0.25, 0.3) is 0 Å². The highest BCUT2D eigenvalue weighted by Gasteiger charge is 2.15. The third-order valence-electron chi connectivity index (χ3n) is 3.24. The Kier molecular flexibility index (Phi) is 3.44. The van der Waals surface area contributed by atoms with Crippen LogP contribution in [0.4, 0.5) is 11.4 Å².